The van der Waals surface area contributed by atoms with Gasteiger partial charge >= 0.3 is 0 Å². The summed E-state index contributed by atoms with van der Waals surface area (Å²) in [7, 11) is 2.20. The standard InChI is InChI=1S/C15H24N4S/c1-11(16)10-13-14(17-15-19(13)8-9-20-15)18(2)12-6-4-3-5-7-12/h8-9,11-12H,3-7,10,16H2,1-2H3. The third kappa shape index (κ3) is 2.56. The van der Waals surface area contributed by atoms with Crippen LogP contribution in [0.15, 0.2) is 11.6 Å². The number of nitrogens with two attached hydrogens (primary N) is 1. The molecule has 2 N–H and O–H groups in total. The molecule has 110 valence electrons. The first-order valence-electron chi connectivity index (χ1n) is 7.59. The zero-order valence-electron chi connectivity index (χ0n) is 12.4. The number of thiazole rings is 1. The predicted octanol–water partition coefficient (Wildman–Crippen LogP) is 3.05. The van der Waals surface area contributed by atoms with Crippen LogP contribution in [0.1, 0.15) is 44.7 Å². The maximum atomic E-state index is 6.03. The molecule has 1 unspecified atom stereocenters. The van der Waals surface area contributed by atoms with Gasteiger partial charge in [0.05, 0.1) is 5.69 Å². The number of aromatic nitrogens is 2. The molecule has 0 spiro atoms. The highest BCUT2D eigenvalue weighted by molar-refractivity contribution is 7.15. The van der Waals surface area contributed by atoms with E-state index in [2.05, 4.69) is 34.8 Å². The van der Waals surface area contributed by atoms with Gasteiger partial charge in [-0.2, -0.15) is 0 Å². The molecule has 1 aliphatic rings. The largest absolute Gasteiger partial charge is 0.355 e. The van der Waals surface area contributed by atoms with Crippen molar-refractivity contribution in [3.63, 3.8) is 0 Å². The molecule has 1 aliphatic carbocycles. The number of rotatable bonds is 4. The van der Waals surface area contributed by atoms with E-state index in [4.69, 9.17) is 10.7 Å². The Morgan fingerprint density at radius 2 is 2.20 bits per heavy atom. The van der Waals surface area contributed by atoms with Gasteiger partial charge in [0.1, 0.15) is 0 Å². The molecule has 0 bridgehead atoms. The topological polar surface area (TPSA) is 46.6 Å². The lowest BCUT2D eigenvalue weighted by Gasteiger charge is -2.32. The average Bonchev–Trinajstić information content (AvgIpc) is 3.01. The number of fused-ring (bicyclic) bond motifs is 1. The molecule has 1 atom stereocenters. The highest BCUT2D eigenvalue weighted by Gasteiger charge is 2.24. The Hall–Kier alpha value is -1.07. The molecule has 5 heteroatoms. The summed E-state index contributed by atoms with van der Waals surface area (Å²) in [5.74, 6) is 1.14. The van der Waals surface area contributed by atoms with Crippen LogP contribution >= 0.6 is 11.3 Å². The smallest absolute Gasteiger partial charge is 0.195 e. The summed E-state index contributed by atoms with van der Waals surface area (Å²) in [6.45, 7) is 2.07. The Bertz CT molecular complexity index is 565. The summed E-state index contributed by atoms with van der Waals surface area (Å²) in [6.07, 6.45) is 9.65. The van der Waals surface area contributed by atoms with Gasteiger partial charge in [-0.15, -0.1) is 11.3 Å². The lowest BCUT2D eigenvalue weighted by atomic mass is 9.94. The van der Waals surface area contributed by atoms with E-state index in [1.807, 2.05) is 0 Å². The van der Waals surface area contributed by atoms with Crippen molar-refractivity contribution in [2.45, 2.75) is 57.5 Å². The highest BCUT2D eigenvalue weighted by Crippen LogP contribution is 2.30. The molecule has 3 rings (SSSR count). The van der Waals surface area contributed by atoms with Crippen LogP contribution in [-0.2, 0) is 6.42 Å². The maximum absolute atomic E-state index is 6.03. The highest BCUT2D eigenvalue weighted by atomic mass is 32.1. The number of hydrogen-bond donors (Lipinski definition) is 1. The zero-order valence-corrected chi connectivity index (χ0v) is 13.2. The minimum atomic E-state index is 0.160. The number of nitrogens with zero attached hydrogens (tertiary/aromatic N) is 3. The van der Waals surface area contributed by atoms with Gasteiger partial charge in [-0.05, 0) is 19.8 Å². The van der Waals surface area contributed by atoms with E-state index in [-0.39, 0.29) is 6.04 Å². The normalized spacial score (nSPS) is 18.6. The fourth-order valence-electron chi connectivity index (χ4n) is 3.24. The van der Waals surface area contributed by atoms with Crippen molar-refractivity contribution < 1.29 is 0 Å². The molecule has 1 saturated carbocycles. The molecule has 0 aliphatic heterocycles. The van der Waals surface area contributed by atoms with E-state index in [0.29, 0.717) is 6.04 Å². The van der Waals surface area contributed by atoms with Crippen LogP contribution in [-0.4, -0.2) is 28.5 Å². The lowest BCUT2D eigenvalue weighted by Crippen LogP contribution is -2.34. The summed E-state index contributed by atoms with van der Waals surface area (Å²) in [4.78, 5) is 8.33. The molecule has 0 saturated heterocycles. The monoisotopic (exact) mass is 292 g/mol. The van der Waals surface area contributed by atoms with Crippen LogP contribution in [0, 0.1) is 0 Å². The number of imidazole rings is 1. The zero-order chi connectivity index (χ0) is 14.1. The van der Waals surface area contributed by atoms with Crippen LogP contribution < -0.4 is 10.6 Å². The molecular weight excluding hydrogens is 268 g/mol. The van der Waals surface area contributed by atoms with Crippen molar-refractivity contribution in [3.05, 3.63) is 17.3 Å². The fourth-order valence-corrected chi connectivity index (χ4v) is 3.97. The summed E-state index contributed by atoms with van der Waals surface area (Å²) in [5, 5.41) is 2.09. The van der Waals surface area contributed by atoms with Crippen molar-refractivity contribution in [3.8, 4) is 0 Å². The average molecular weight is 292 g/mol. The van der Waals surface area contributed by atoms with Crippen LogP contribution in [0.3, 0.4) is 0 Å². The van der Waals surface area contributed by atoms with Gasteiger partial charge in [0.2, 0.25) is 0 Å². The molecule has 1 fully saturated rings. The first kappa shape index (κ1) is 13.9. The predicted molar refractivity (Wildman–Crippen MR) is 85.7 cm³/mol. The summed E-state index contributed by atoms with van der Waals surface area (Å²) < 4.78 is 2.21. The molecule has 0 radical (unpaired) electrons. The van der Waals surface area contributed by atoms with Crippen molar-refractivity contribution in [2.75, 3.05) is 11.9 Å². The Kier molecular flexibility index (Phi) is 3.98. The maximum Gasteiger partial charge on any atom is 0.195 e. The van der Waals surface area contributed by atoms with E-state index in [9.17, 15) is 0 Å². The SMILES string of the molecule is CC(N)Cc1c(N(C)C2CCCCC2)nc2sccn12. The van der Waals surface area contributed by atoms with E-state index < -0.39 is 0 Å². The van der Waals surface area contributed by atoms with E-state index in [0.717, 1.165) is 17.2 Å². The third-order valence-electron chi connectivity index (χ3n) is 4.31. The van der Waals surface area contributed by atoms with Crippen LogP contribution in [0.25, 0.3) is 4.96 Å². The number of anilines is 1. The summed E-state index contributed by atoms with van der Waals surface area (Å²) >= 11 is 1.70. The summed E-state index contributed by atoms with van der Waals surface area (Å²) in [6, 6.07) is 0.800. The molecule has 2 aromatic heterocycles. The Labute approximate surface area is 124 Å². The molecule has 0 amide bonds. The molecule has 2 aromatic rings. The van der Waals surface area contributed by atoms with Gasteiger partial charge in [-0.25, -0.2) is 4.98 Å². The molecule has 2 heterocycles. The number of hydrogen-bond acceptors (Lipinski definition) is 4. The van der Waals surface area contributed by atoms with E-state index in [1.165, 1.54) is 37.8 Å². The van der Waals surface area contributed by atoms with E-state index in [1.54, 1.807) is 11.3 Å². The van der Waals surface area contributed by atoms with Crippen molar-refractivity contribution in [1.82, 2.24) is 9.38 Å². The molecule has 20 heavy (non-hydrogen) atoms. The van der Waals surface area contributed by atoms with Crippen LogP contribution in [0.2, 0.25) is 0 Å². The minimum Gasteiger partial charge on any atom is -0.355 e. The minimum absolute atomic E-state index is 0.160. The fraction of sp³-hybridized carbons (Fsp3) is 0.667. The second-order valence-electron chi connectivity index (χ2n) is 6.02. The van der Waals surface area contributed by atoms with Gasteiger partial charge in [0, 0.05) is 37.1 Å². The Morgan fingerprint density at radius 3 is 2.90 bits per heavy atom. The third-order valence-corrected chi connectivity index (χ3v) is 5.07. The van der Waals surface area contributed by atoms with Crippen LogP contribution in [0.4, 0.5) is 5.82 Å². The van der Waals surface area contributed by atoms with Gasteiger partial charge in [-0.1, -0.05) is 19.3 Å². The molecular formula is C15H24N4S. The van der Waals surface area contributed by atoms with Gasteiger partial charge in [0.15, 0.2) is 10.8 Å². The Morgan fingerprint density at radius 1 is 1.45 bits per heavy atom. The second-order valence-corrected chi connectivity index (χ2v) is 6.89. The van der Waals surface area contributed by atoms with Crippen molar-refractivity contribution >= 4 is 22.1 Å². The molecule has 4 nitrogen and oxygen atoms in total. The second kappa shape index (κ2) is 5.74. The van der Waals surface area contributed by atoms with Gasteiger partial charge < -0.3 is 10.6 Å². The molecule has 0 aromatic carbocycles. The van der Waals surface area contributed by atoms with Crippen molar-refractivity contribution in [2.24, 2.45) is 5.73 Å². The first-order valence-corrected chi connectivity index (χ1v) is 8.47. The first-order chi connectivity index (χ1) is 9.66. The summed E-state index contributed by atoms with van der Waals surface area (Å²) in [5.41, 5.74) is 7.30. The van der Waals surface area contributed by atoms with Crippen LogP contribution in [0.5, 0.6) is 0 Å². The quantitative estimate of drug-likeness (QED) is 0.942. The van der Waals surface area contributed by atoms with E-state index >= 15 is 0 Å². The van der Waals surface area contributed by atoms with Gasteiger partial charge in [0.25, 0.3) is 0 Å². The lowest BCUT2D eigenvalue weighted by molar-refractivity contribution is 0.425. The van der Waals surface area contributed by atoms with Gasteiger partial charge in [-0.3, -0.25) is 4.40 Å². The Balaban J connectivity index is 1.94. The van der Waals surface area contributed by atoms with Crippen molar-refractivity contribution in [1.29, 1.82) is 0 Å².